The van der Waals surface area contributed by atoms with Gasteiger partial charge in [0.05, 0.1) is 0 Å². The number of terminal acetylenes is 1. The largest absolute Gasteiger partial charge is 0.161 e. The molecule has 0 saturated carbocycles. The van der Waals surface area contributed by atoms with Crippen LogP contribution < -0.4 is 0 Å². The number of thioether (sulfide) groups is 1. The summed E-state index contributed by atoms with van der Waals surface area (Å²) in [6, 6.07) is 0. The maximum Gasteiger partial charge on any atom is 0.0177 e. The van der Waals surface area contributed by atoms with Crippen molar-refractivity contribution >= 4 is 11.8 Å². The van der Waals surface area contributed by atoms with E-state index in [1.165, 1.54) is 18.6 Å². The van der Waals surface area contributed by atoms with E-state index in [1.54, 1.807) is 0 Å². The van der Waals surface area contributed by atoms with Gasteiger partial charge < -0.3 is 0 Å². The summed E-state index contributed by atoms with van der Waals surface area (Å²) in [4.78, 5) is 0. The Morgan fingerprint density at radius 3 is 2.82 bits per heavy atom. The number of hydrogen-bond acceptors (Lipinski definition) is 1. The van der Waals surface area contributed by atoms with Crippen molar-refractivity contribution in [3.8, 4) is 12.3 Å². The number of rotatable bonds is 7. The molecule has 0 radical (unpaired) electrons. The third kappa shape index (κ3) is 9.65. The van der Waals surface area contributed by atoms with E-state index in [4.69, 9.17) is 6.42 Å². The molecule has 0 spiro atoms. The van der Waals surface area contributed by atoms with E-state index in [-0.39, 0.29) is 0 Å². The van der Waals surface area contributed by atoms with E-state index in [0.717, 1.165) is 18.6 Å². The lowest BCUT2D eigenvalue weighted by Gasteiger charge is -1.96. The molecule has 0 unspecified atom stereocenters. The number of unbranched alkanes of at least 4 members (excludes halogenated alkanes) is 2. The van der Waals surface area contributed by atoms with Gasteiger partial charge in [-0.2, -0.15) is 11.8 Å². The van der Waals surface area contributed by atoms with Gasteiger partial charge in [0.2, 0.25) is 0 Å². The zero-order valence-corrected chi connectivity index (χ0v) is 7.83. The standard InChI is InChI=1S/C10H16S/c1-3-5-7-8-10-11-9-6-4-2/h2-3H,1,5-10H2. The minimum absolute atomic E-state index is 0.909. The van der Waals surface area contributed by atoms with Gasteiger partial charge in [0.15, 0.2) is 0 Å². The number of hydrogen-bond donors (Lipinski definition) is 0. The summed E-state index contributed by atoms with van der Waals surface area (Å²) in [6.07, 6.45) is 11.7. The second kappa shape index (κ2) is 9.65. The predicted molar refractivity (Wildman–Crippen MR) is 54.8 cm³/mol. The molecule has 0 bridgehead atoms. The Kier molecular flexibility index (Phi) is 9.34. The van der Waals surface area contributed by atoms with Crippen LogP contribution in [0.5, 0.6) is 0 Å². The van der Waals surface area contributed by atoms with Crippen LogP contribution in [0.25, 0.3) is 0 Å². The zero-order valence-electron chi connectivity index (χ0n) is 7.01. The Hall–Kier alpha value is -0.350. The molecule has 0 rings (SSSR count). The molecular formula is C10H16S. The molecule has 11 heavy (non-hydrogen) atoms. The Labute approximate surface area is 74.5 Å². The summed E-state index contributed by atoms with van der Waals surface area (Å²) in [7, 11) is 0. The normalized spacial score (nSPS) is 9.00. The van der Waals surface area contributed by atoms with Crippen LogP contribution >= 0.6 is 11.8 Å². The third-order valence-corrected chi connectivity index (χ3v) is 2.41. The van der Waals surface area contributed by atoms with Crippen molar-refractivity contribution < 1.29 is 0 Å². The molecule has 0 nitrogen and oxygen atoms in total. The summed E-state index contributed by atoms with van der Waals surface area (Å²) in [6.45, 7) is 3.67. The molecule has 0 aromatic carbocycles. The Balaban J connectivity index is 2.80. The van der Waals surface area contributed by atoms with Crippen LogP contribution in [0.4, 0.5) is 0 Å². The van der Waals surface area contributed by atoms with E-state index < -0.39 is 0 Å². The van der Waals surface area contributed by atoms with E-state index in [9.17, 15) is 0 Å². The van der Waals surface area contributed by atoms with Gasteiger partial charge in [0, 0.05) is 12.2 Å². The van der Waals surface area contributed by atoms with E-state index >= 15 is 0 Å². The van der Waals surface area contributed by atoms with Crippen molar-refractivity contribution in [3.05, 3.63) is 12.7 Å². The summed E-state index contributed by atoms with van der Waals surface area (Å²) < 4.78 is 0. The second-order valence-electron chi connectivity index (χ2n) is 2.35. The molecule has 0 amide bonds. The third-order valence-electron chi connectivity index (χ3n) is 1.34. The molecule has 62 valence electrons. The molecule has 0 fully saturated rings. The molecule has 0 atom stereocenters. The van der Waals surface area contributed by atoms with Gasteiger partial charge in [-0.3, -0.25) is 0 Å². The van der Waals surface area contributed by atoms with Gasteiger partial charge in [-0.15, -0.1) is 18.9 Å². The molecule has 0 saturated heterocycles. The van der Waals surface area contributed by atoms with Crippen LogP contribution in [0.1, 0.15) is 25.7 Å². The van der Waals surface area contributed by atoms with Gasteiger partial charge in [0.1, 0.15) is 0 Å². The van der Waals surface area contributed by atoms with E-state index in [0.29, 0.717) is 0 Å². The molecule has 0 aliphatic rings. The molecule has 0 N–H and O–H groups in total. The summed E-state index contributed by atoms with van der Waals surface area (Å²) >= 11 is 1.95. The Morgan fingerprint density at radius 2 is 2.18 bits per heavy atom. The lowest BCUT2D eigenvalue weighted by molar-refractivity contribution is 0.824. The molecular weight excluding hydrogens is 152 g/mol. The minimum Gasteiger partial charge on any atom is -0.161 e. The van der Waals surface area contributed by atoms with Crippen LogP contribution in [-0.4, -0.2) is 11.5 Å². The topological polar surface area (TPSA) is 0 Å². The fourth-order valence-corrected chi connectivity index (χ4v) is 1.60. The number of allylic oxidation sites excluding steroid dienone is 1. The van der Waals surface area contributed by atoms with Gasteiger partial charge in [-0.1, -0.05) is 6.08 Å². The lowest BCUT2D eigenvalue weighted by Crippen LogP contribution is -1.82. The lowest BCUT2D eigenvalue weighted by atomic mass is 10.2. The first kappa shape index (κ1) is 10.7. The highest BCUT2D eigenvalue weighted by Crippen LogP contribution is 2.07. The molecule has 0 aromatic heterocycles. The quantitative estimate of drug-likeness (QED) is 0.320. The maximum absolute atomic E-state index is 5.11. The predicted octanol–water partition coefficient (Wildman–Crippen LogP) is 3.10. The van der Waals surface area contributed by atoms with Gasteiger partial charge in [0.25, 0.3) is 0 Å². The van der Waals surface area contributed by atoms with Gasteiger partial charge in [-0.25, -0.2) is 0 Å². The molecule has 0 aromatic rings. The van der Waals surface area contributed by atoms with Crippen LogP contribution in [0.3, 0.4) is 0 Å². The van der Waals surface area contributed by atoms with Crippen LogP contribution in [0.2, 0.25) is 0 Å². The fraction of sp³-hybridized carbons (Fsp3) is 0.600. The van der Waals surface area contributed by atoms with Crippen molar-refractivity contribution in [2.45, 2.75) is 25.7 Å². The smallest absolute Gasteiger partial charge is 0.0177 e. The first-order valence-electron chi connectivity index (χ1n) is 4.04. The highest BCUT2D eigenvalue weighted by atomic mass is 32.2. The first-order valence-corrected chi connectivity index (χ1v) is 5.19. The maximum atomic E-state index is 5.11. The highest BCUT2D eigenvalue weighted by Gasteiger charge is 1.87. The second-order valence-corrected chi connectivity index (χ2v) is 3.58. The van der Waals surface area contributed by atoms with Crippen molar-refractivity contribution in [2.24, 2.45) is 0 Å². The monoisotopic (exact) mass is 168 g/mol. The summed E-state index contributed by atoms with van der Waals surface area (Å²) in [5.41, 5.74) is 0. The zero-order chi connectivity index (χ0) is 8.36. The minimum atomic E-state index is 0.909. The van der Waals surface area contributed by atoms with E-state index in [2.05, 4.69) is 12.5 Å². The molecule has 0 aliphatic heterocycles. The average molecular weight is 168 g/mol. The van der Waals surface area contributed by atoms with Crippen LogP contribution in [-0.2, 0) is 0 Å². The van der Waals surface area contributed by atoms with Crippen molar-refractivity contribution in [2.75, 3.05) is 11.5 Å². The first-order chi connectivity index (χ1) is 5.41. The summed E-state index contributed by atoms with van der Waals surface area (Å²) in [5.74, 6) is 4.99. The van der Waals surface area contributed by atoms with Crippen molar-refractivity contribution in [3.63, 3.8) is 0 Å². The Morgan fingerprint density at radius 1 is 1.36 bits per heavy atom. The van der Waals surface area contributed by atoms with Crippen molar-refractivity contribution in [1.29, 1.82) is 0 Å². The highest BCUT2D eigenvalue weighted by molar-refractivity contribution is 7.99. The average Bonchev–Trinajstić information content (AvgIpc) is 2.03. The van der Waals surface area contributed by atoms with Crippen LogP contribution in [0, 0.1) is 12.3 Å². The SMILES string of the molecule is C#CCCSCCCCC=C. The van der Waals surface area contributed by atoms with Crippen molar-refractivity contribution in [1.82, 2.24) is 0 Å². The molecule has 1 heteroatoms. The molecule has 0 aliphatic carbocycles. The molecule has 0 heterocycles. The summed E-state index contributed by atoms with van der Waals surface area (Å²) in [5, 5.41) is 0. The van der Waals surface area contributed by atoms with E-state index in [1.807, 2.05) is 17.8 Å². The van der Waals surface area contributed by atoms with Gasteiger partial charge in [-0.05, 0) is 25.0 Å². The Bertz CT molecular complexity index is 121. The van der Waals surface area contributed by atoms with Gasteiger partial charge >= 0.3 is 0 Å². The van der Waals surface area contributed by atoms with Crippen LogP contribution in [0.15, 0.2) is 12.7 Å². The fourth-order valence-electron chi connectivity index (χ4n) is 0.726.